The van der Waals surface area contributed by atoms with E-state index in [1.807, 2.05) is 133 Å². The summed E-state index contributed by atoms with van der Waals surface area (Å²) in [5.41, 5.74) is 0. The molecular formula is C40H28O2P2. The topological polar surface area (TPSA) is 34.1 Å². The SMILES string of the molecule is O=P(c1ccccc1)(c1ccccc1)c1ccc2ccc3ccc(P(=O)(c4ccccc4)c4ccccc4)c4ccc1c2c34. The van der Waals surface area contributed by atoms with Crippen LogP contribution in [0.4, 0.5) is 0 Å². The van der Waals surface area contributed by atoms with Crippen LogP contribution < -0.4 is 31.8 Å². The minimum absolute atomic E-state index is 0.805. The van der Waals surface area contributed by atoms with Crippen LogP contribution in [0.1, 0.15) is 0 Å². The number of hydrogen-bond donors (Lipinski definition) is 0. The first-order chi connectivity index (χ1) is 21.6. The molecule has 0 bridgehead atoms. The molecule has 2 nitrogen and oxygen atoms in total. The summed E-state index contributed by atoms with van der Waals surface area (Å²) in [4.78, 5) is 0. The Bertz CT molecular complexity index is 2110. The van der Waals surface area contributed by atoms with Gasteiger partial charge in [0.05, 0.1) is 0 Å². The highest BCUT2D eigenvalue weighted by molar-refractivity contribution is 7.86. The Labute approximate surface area is 256 Å². The monoisotopic (exact) mass is 602 g/mol. The molecule has 0 aliphatic rings. The number of hydrogen-bond acceptors (Lipinski definition) is 2. The first-order valence-corrected chi connectivity index (χ1v) is 18.2. The predicted octanol–water partition coefficient (Wildman–Crippen LogP) is 7.86. The average Bonchev–Trinajstić information content (AvgIpc) is 3.11. The van der Waals surface area contributed by atoms with E-state index >= 15 is 9.13 Å². The lowest BCUT2D eigenvalue weighted by atomic mass is 9.94. The van der Waals surface area contributed by atoms with E-state index in [0.29, 0.717) is 0 Å². The third kappa shape index (κ3) is 3.96. The Morgan fingerprint density at radius 1 is 0.295 bits per heavy atom. The molecular weight excluding hydrogens is 574 g/mol. The van der Waals surface area contributed by atoms with Crippen LogP contribution in [0.15, 0.2) is 170 Å². The molecule has 4 heteroatoms. The second-order valence-electron chi connectivity index (χ2n) is 11.2. The van der Waals surface area contributed by atoms with Crippen molar-refractivity contribution in [2.75, 3.05) is 0 Å². The molecule has 8 aromatic carbocycles. The van der Waals surface area contributed by atoms with E-state index in [-0.39, 0.29) is 0 Å². The van der Waals surface area contributed by atoms with Gasteiger partial charge in [0.2, 0.25) is 0 Å². The number of benzene rings is 8. The van der Waals surface area contributed by atoms with Crippen molar-refractivity contribution in [1.29, 1.82) is 0 Å². The fourth-order valence-electron chi connectivity index (χ4n) is 6.73. The lowest BCUT2D eigenvalue weighted by Gasteiger charge is -2.25. The lowest BCUT2D eigenvalue weighted by Crippen LogP contribution is -2.26. The van der Waals surface area contributed by atoms with Gasteiger partial charge in [-0.1, -0.05) is 158 Å². The molecule has 0 amide bonds. The minimum atomic E-state index is -3.23. The van der Waals surface area contributed by atoms with Crippen molar-refractivity contribution < 1.29 is 9.13 Å². The van der Waals surface area contributed by atoms with Crippen LogP contribution in [0.3, 0.4) is 0 Å². The summed E-state index contributed by atoms with van der Waals surface area (Å²) in [6.07, 6.45) is 0. The van der Waals surface area contributed by atoms with Gasteiger partial charge in [-0.05, 0) is 44.5 Å². The van der Waals surface area contributed by atoms with Gasteiger partial charge < -0.3 is 9.13 Å². The van der Waals surface area contributed by atoms with Gasteiger partial charge in [0.25, 0.3) is 0 Å². The van der Waals surface area contributed by atoms with Gasteiger partial charge in [-0.15, -0.1) is 0 Å². The minimum Gasteiger partial charge on any atom is -0.309 e. The molecule has 0 radical (unpaired) electrons. The lowest BCUT2D eigenvalue weighted by molar-refractivity contribution is 0.592. The standard InChI is InChI=1S/C40H28O2P2/c41-43(31-13-5-1-6-14-31,32-15-7-2-8-16-32)37-27-23-29-21-22-30-24-28-38(36-26-25-35(37)39(29)40(30)36)44(42,33-17-9-3-10-18-33)34-19-11-4-12-20-34/h1-28H. The van der Waals surface area contributed by atoms with E-state index in [4.69, 9.17) is 0 Å². The molecule has 0 spiro atoms. The molecule has 0 N–H and O–H groups in total. The maximum Gasteiger partial charge on any atom is 0.171 e. The van der Waals surface area contributed by atoms with Crippen molar-refractivity contribution in [3.63, 3.8) is 0 Å². The summed E-state index contributed by atoms with van der Waals surface area (Å²) in [6.45, 7) is 0. The molecule has 0 saturated carbocycles. The van der Waals surface area contributed by atoms with Crippen LogP contribution in [0.2, 0.25) is 0 Å². The molecule has 8 rings (SSSR count). The highest BCUT2D eigenvalue weighted by atomic mass is 31.2. The summed E-state index contributed by atoms with van der Waals surface area (Å²) in [7, 11) is -6.46. The molecule has 210 valence electrons. The Morgan fingerprint density at radius 2 is 0.568 bits per heavy atom. The number of rotatable bonds is 6. The van der Waals surface area contributed by atoms with Gasteiger partial charge in [-0.3, -0.25) is 0 Å². The van der Waals surface area contributed by atoms with E-state index in [1.165, 1.54) is 0 Å². The van der Waals surface area contributed by atoms with Gasteiger partial charge >= 0.3 is 0 Å². The van der Waals surface area contributed by atoms with Gasteiger partial charge in [0.15, 0.2) is 14.3 Å². The summed E-state index contributed by atoms with van der Waals surface area (Å²) < 4.78 is 31.0. The zero-order valence-corrected chi connectivity index (χ0v) is 25.7. The summed E-state index contributed by atoms with van der Waals surface area (Å²) in [5.74, 6) is 0. The predicted molar refractivity (Wildman–Crippen MR) is 189 cm³/mol. The maximum atomic E-state index is 15.5. The fourth-order valence-corrected chi connectivity index (χ4v) is 12.4. The zero-order valence-electron chi connectivity index (χ0n) is 23.9. The molecule has 0 aliphatic carbocycles. The second kappa shape index (κ2) is 10.5. The normalized spacial score (nSPS) is 12.3. The average molecular weight is 603 g/mol. The van der Waals surface area contributed by atoms with E-state index in [2.05, 4.69) is 36.4 Å². The van der Waals surface area contributed by atoms with Crippen molar-refractivity contribution in [2.24, 2.45) is 0 Å². The molecule has 8 aromatic rings. The van der Waals surface area contributed by atoms with E-state index in [1.54, 1.807) is 0 Å². The molecule has 0 aromatic heterocycles. The summed E-state index contributed by atoms with van der Waals surface area (Å²) in [5, 5.41) is 11.0. The quantitative estimate of drug-likeness (QED) is 0.143. The van der Waals surface area contributed by atoms with Crippen LogP contribution in [-0.2, 0) is 9.13 Å². The van der Waals surface area contributed by atoms with E-state index in [0.717, 1.165) is 64.1 Å². The Hall–Kier alpha value is -4.74. The van der Waals surface area contributed by atoms with E-state index in [9.17, 15) is 0 Å². The first kappa shape index (κ1) is 26.9. The molecule has 0 aliphatic heterocycles. The highest BCUT2D eigenvalue weighted by Crippen LogP contribution is 2.49. The van der Waals surface area contributed by atoms with Gasteiger partial charge in [-0.2, -0.15) is 0 Å². The Morgan fingerprint density at radius 3 is 0.864 bits per heavy atom. The smallest absolute Gasteiger partial charge is 0.171 e. The van der Waals surface area contributed by atoms with Gasteiger partial charge in [0.1, 0.15) is 0 Å². The molecule has 44 heavy (non-hydrogen) atoms. The van der Waals surface area contributed by atoms with Gasteiger partial charge in [-0.25, -0.2) is 0 Å². The van der Waals surface area contributed by atoms with Crippen molar-refractivity contribution in [3.05, 3.63) is 170 Å². The molecule has 0 saturated heterocycles. The molecule has 0 unspecified atom stereocenters. The van der Waals surface area contributed by atoms with Crippen LogP contribution in [0, 0.1) is 0 Å². The first-order valence-electron chi connectivity index (χ1n) is 14.7. The summed E-state index contributed by atoms with van der Waals surface area (Å²) in [6, 6.07) is 56.0. The van der Waals surface area contributed by atoms with Gasteiger partial charge in [0, 0.05) is 31.8 Å². The summed E-state index contributed by atoms with van der Waals surface area (Å²) >= 11 is 0. The highest BCUT2D eigenvalue weighted by Gasteiger charge is 2.34. The van der Waals surface area contributed by atoms with Crippen molar-refractivity contribution >= 4 is 78.4 Å². The Balaban J connectivity index is 1.48. The van der Waals surface area contributed by atoms with Crippen LogP contribution in [0.25, 0.3) is 32.3 Å². The molecule has 0 atom stereocenters. The fraction of sp³-hybridized carbons (Fsp3) is 0. The van der Waals surface area contributed by atoms with E-state index < -0.39 is 14.3 Å². The second-order valence-corrected chi connectivity index (χ2v) is 16.6. The third-order valence-corrected chi connectivity index (χ3v) is 15.0. The van der Waals surface area contributed by atoms with Crippen molar-refractivity contribution in [2.45, 2.75) is 0 Å². The van der Waals surface area contributed by atoms with Crippen LogP contribution in [-0.4, -0.2) is 0 Å². The Kier molecular flexibility index (Phi) is 6.38. The maximum absolute atomic E-state index is 15.5. The van der Waals surface area contributed by atoms with Crippen molar-refractivity contribution in [1.82, 2.24) is 0 Å². The van der Waals surface area contributed by atoms with Crippen LogP contribution in [0.5, 0.6) is 0 Å². The largest absolute Gasteiger partial charge is 0.309 e. The third-order valence-electron chi connectivity index (χ3n) is 8.78. The zero-order chi connectivity index (χ0) is 29.7. The van der Waals surface area contributed by atoms with Crippen molar-refractivity contribution in [3.8, 4) is 0 Å². The molecule has 0 fully saturated rings. The van der Waals surface area contributed by atoms with Crippen LogP contribution >= 0.6 is 14.3 Å². The molecule has 0 heterocycles.